The molecule has 0 atom stereocenters. The van der Waals surface area contributed by atoms with Gasteiger partial charge in [-0.25, -0.2) is 10.9 Å². The molecular formula is C25H25N5O6. The molecule has 0 fully saturated rings. The zero-order chi connectivity index (χ0) is 26.2. The summed E-state index contributed by atoms with van der Waals surface area (Å²) in [5.74, 6) is -0.610. The highest BCUT2D eigenvalue weighted by Gasteiger charge is 2.17. The number of phenolic OH excluding ortho intramolecular Hbond substituents is 2. The van der Waals surface area contributed by atoms with Gasteiger partial charge in [0.05, 0.1) is 49.2 Å². The number of hydrogen-bond acceptors (Lipinski definition) is 9. The normalized spacial score (nSPS) is 11.0. The van der Waals surface area contributed by atoms with Crippen molar-refractivity contribution in [2.45, 2.75) is 13.8 Å². The molecule has 1 heterocycles. The molecule has 0 radical (unpaired) electrons. The monoisotopic (exact) mass is 491 g/mol. The van der Waals surface area contributed by atoms with Crippen molar-refractivity contribution in [3.63, 3.8) is 0 Å². The number of hydrogen-bond donors (Lipinski definition) is 4. The summed E-state index contributed by atoms with van der Waals surface area (Å²) in [7, 11) is 2.85. The lowest BCUT2D eigenvalue weighted by Gasteiger charge is -2.09. The van der Waals surface area contributed by atoms with Crippen molar-refractivity contribution >= 4 is 24.2 Å². The fourth-order valence-corrected chi connectivity index (χ4v) is 3.19. The number of aromatic hydroxyl groups is 2. The Labute approximate surface area is 207 Å². The summed E-state index contributed by atoms with van der Waals surface area (Å²) in [6.07, 6.45) is 2.77. The van der Waals surface area contributed by atoms with Crippen molar-refractivity contribution in [3.05, 3.63) is 76.1 Å². The summed E-state index contributed by atoms with van der Waals surface area (Å²) < 4.78 is 10.1. The molecule has 3 rings (SSSR count). The first-order valence-corrected chi connectivity index (χ1v) is 10.6. The van der Waals surface area contributed by atoms with E-state index in [4.69, 9.17) is 9.47 Å². The Morgan fingerprint density at radius 3 is 1.58 bits per heavy atom. The van der Waals surface area contributed by atoms with Crippen LogP contribution in [0.1, 0.15) is 43.2 Å². The highest BCUT2D eigenvalue weighted by Crippen LogP contribution is 2.26. The van der Waals surface area contributed by atoms with Crippen LogP contribution in [0.4, 0.5) is 0 Å². The smallest absolute Gasteiger partial charge is 0.273 e. The summed E-state index contributed by atoms with van der Waals surface area (Å²) in [6.45, 7) is 3.29. The number of nitrogens with zero attached hydrogens (tertiary/aromatic N) is 3. The Kier molecular flexibility index (Phi) is 8.18. The molecule has 4 N–H and O–H groups in total. The lowest BCUT2D eigenvalue weighted by atomic mass is 10.1. The quantitative estimate of drug-likeness (QED) is 0.279. The number of benzene rings is 2. The molecular weight excluding hydrogens is 466 g/mol. The molecule has 36 heavy (non-hydrogen) atoms. The van der Waals surface area contributed by atoms with E-state index >= 15 is 0 Å². The van der Waals surface area contributed by atoms with Crippen LogP contribution in [0.3, 0.4) is 0 Å². The van der Waals surface area contributed by atoms with E-state index in [0.717, 1.165) is 0 Å². The topological polar surface area (TPSA) is 155 Å². The van der Waals surface area contributed by atoms with Crippen LogP contribution in [-0.2, 0) is 0 Å². The SMILES string of the molecule is COc1cc(/C=N\NC(=O)c2cc(C(=O)N/N=C/c3ccc(O)c(OC)c3)c(C)nc2C)ccc1O. The maximum absolute atomic E-state index is 12.7. The average Bonchev–Trinajstić information content (AvgIpc) is 2.85. The third-order valence-corrected chi connectivity index (χ3v) is 5.06. The van der Waals surface area contributed by atoms with Gasteiger partial charge in [-0.15, -0.1) is 0 Å². The van der Waals surface area contributed by atoms with Gasteiger partial charge in [0.15, 0.2) is 23.0 Å². The molecule has 11 heteroatoms. The predicted octanol–water partition coefficient (Wildman–Crippen LogP) is 2.65. The Morgan fingerprint density at radius 2 is 1.19 bits per heavy atom. The van der Waals surface area contributed by atoms with E-state index in [2.05, 4.69) is 26.0 Å². The second-order valence-electron chi connectivity index (χ2n) is 7.52. The third-order valence-electron chi connectivity index (χ3n) is 5.06. The molecule has 0 aliphatic heterocycles. The van der Waals surface area contributed by atoms with Crippen molar-refractivity contribution in [2.75, 3.05) is 14.2 Å². The number of carbonyl (C=O) groups is 2. The van der Waals surface area contributed by atoms with Gasteiger partial charge in [0, 0.05) is 0 Å². The van der Waals surface area contributed by atoms with Gasteiger partial charge in [-0.2, -0.15) is 10.2 Å². The van der Waals surface area contributed by atoms with Gasteiger partial charge < -0.3 is 19.7 Å². The van der Waals surface area contributed by atoms with E-state index in [1.54, 1.807) is 38.1 Å². The first-order valence-electron chi connectivity index (χ1n) is 10.6. The second-order valence-corrected chi connectivity index (χ2v) is 7.52. The minimum absolute atomic E-state index is 0.0158. The number of nitrogens with one attached hydrogen (secondary N) is 2. The third kappa shape index (κ3) is 6.14. The zero-order valence-electron chi connectivity index (χ0n) is 20.1. The van der Waals surface area contributed by atoms with E-state index in [9.17, 15) is 19.8 Å². The fourth-order valence-electron chi connectivity index (χ4n) is 3.19. The van der Waals surface area contributed by atoms with Crippen molar-refractivity contribution in [3.8, 4) is 23.0 Å². The van der Waals surface area contributed by atoms with Crippen molar-refractivity contribution in [1.82, 2.24) is 15.8 Å². The number of amides is 2. The van der Waals surface area contributed by atoms with Crippen LogP contribution in [0.2, 0.25) is 0 Å². The number of aryl methyl sites for hydroxylation is 2. The molecule has 0 saturated carbocycles. The molecule has 0 bridgehead atoms. The highest BCUT2D eigenvalue weighted by molar-refractivity contribution is 6.01. The van der Waals surface area contributed by atoms with Crippen LogP contribution in [0.25, 0.3) is 0 Å². The lowest BCUT2D eigenvalue weighted by Crippen LogP contribution is -2.23. The molecule has 2 amide bonds. The summed E-state index contributed by atoms with van der Waals surface area (Å²) >= 11 is 0. The summed E-state index contributed by atoms with van der Waals surface area (Å²) in [4.78, 5) is 29.7. The molecule has 186 valence electrons. The Morgan fingerprint density at radius 1 is 0.778 bits per heavy atom. The standard InChI is InChI=1S/C25H25N5O6/c1-14-18(24(33)29-26-12-16-5-7-20(31)22(9-16)35-3)11-19(15(2)28-14)25(34)30-27-13-17-6-8-21(32)23(10-17)36-4/h5-13,31-32H,1-4H3,(H,29,33)(H,30,34)/b26-12-,27-13+. The number of pyridine rings is 1. The van der Waals surface area contributed by atoms with Crippen molar-refractivity contribution in [1.29, 1.82) is 0 Å². The fraction of sp³-hybridized carbons (Fsp3) is 0.160. The molecule has 11 nitrogen and oxygen atoms in total. The van der Waals surface area contributed by atoms with Gasteiger partial charge in [0.2, 0.25) is 0 Å². The van der Waals surface area contributed by atoms with Crippen molar-refractivity contribution < 1.29 is 29.3 Å². The number of rotatable bonds is 8. The molecule has 0 unspecified atom stereocenters. The van der Waals surface area contributed by atoms with E-state index in [1.165, 1.54) is 44.8 Å². The van der Waals surface area contributed by atoms with E-state index in [-0.39, 0.29) is 34.1 Å². The van der Waals surface area contributed by atoms with E-state index < -0.39 is 11.8 Å². The first kappa shape index (κ1) is 25.7. The molecule has 1 aromatic heterocycles. The first-order chi connectivity index (χ1) is 17.2. The summed E-state index contributed by atoms with van der Waals surface area (Å²) in [5, 5.41) is 27.2. The Bertz CT molecular complexity index is 1250. The number of carbonyl (C=O) groups excluding carboxylic acids is 2. The number of phenols is 2. The van der Waals surface area contributed by atoms with E-state index in [1.807, 2.05) is 0 Å². The van der Waals surface area contributed by atoms with Crippen LogP contribution in [0.5, 0.6) is 23.0 Å². The molecule has 3 aromatic rings. The highest BCUT2D eigenvalue weighted by atomic mass is 16.5. The minimum Gasteiger partial charge on any atom is -0.504 e. The van der Waals surface area contributed by atoms with Gasteiger partial charge in [0.25, 0.3) is 11.8 Å². The van der Waals surface area contributed by atoms with Crippen LogP contribution in [-0.4, -0.2) is 53.7 Å². The number of methoxy groups -OCH3 is 2. The van der Waals surface area contributed by atoms with Crippen LogP contribution < -0.4 is 20.3 Å². The summed E-state index contributed by atoms with van der Waals surface area (Å²) in [6, 6.07) is 10.6. The van der Waals surface area contributed by atoms with Crippen LogP contribution in [0, 0.1) is 13.8 Å². The van der Waals surface area contributed by atoms with Crippen LogP contribution in [0.15, 0.2) is 52.7 Å². The molecule has 2 aromatic carbocycles. The van der Waals surface area contributed by atoms with Crippen LogP contribution >= 0.6 is 0 Å². The maximum Gasteiger partial charge on any atom is 0.273 e. The summed E-state index contributed by atoms with van der Waals surface area (Å²) in [5.41, 5.74) is 7.15. The molecule has 0 saturated heterocycles. The lowest BCUT2D eigenvalue weighted by molar-refractivity contribution is 0.0954. The van der Waals surface area contributed by atoms with Gasteiger partial charge in [-0.05, 0) is 67.4 Å². The van der Waals surface area contributed by atoms with Crippen molar-refractivity contribution in [2.24, 2.45) is 10.2 Å². The Balaban J connectivity index is 1.71. The second kappa shape index (κ2) is 11.5. The number of hydrazone groups is 2. The van der Waals surface area contributed by atoms with Gasteiger partial charge in [0.1, 0.15) is 0 Å². The Hall–Kier alpha value is -4.93. The zero-order valence-corrected chi connectivity index (χ0v) is 20.1. The van der Waals surface area contributed by atoms with E-state index in [0.29, 0.717) is 22.5 Å². The number of ether oxygens (including phenoxy) is 2. The molecule has 0 aliphatic carbocycles. The van der Waals surface area contributed by atoms with Gasteiger partial charge in [-0.1, -0.05) is 0 Å². The minimum atomic E-state index is -0.560. The van der Waals surface area contributed by atoms with Gasteiger partial charge >= 0.3 is 0 Å². The largest absolute Gasteiger partial charge is 0.504 e. The van der Waals surface area contributed by atoms with Gasteiger partial charge in [-0.3, -0.25) is 14.6 Å². The maximum atomic E-state index is 12.7. The molecule has 0 spiro atoms. The predicted molar refractivity (Wildman–Crippen MR) is 133 cm³/mol. The molecule has 0 aliphatic rings. The average molecular weight is 492 g/mol. The number of aromatic nitrogens is 1.